The number of rotatable bonds is 3. The van der Waals surface area contributed by atoms with Crippen LogP contribution in [0.5, 0.6) is 5.75 Å². The predicted molar refractivity (Wildman–Crippen MR) is 65.4 cm³/mol. The van der Waals surface area contributed by atoms with E-state index in [4.69, 9.17) is 5.11 Å². The maximum atomic E-state index is 12.0. The van der Waals surface area contributed by atoms with Gasteiger partial charge in [0.05, 0.1) is 10.6 Å². The highest BCUT2D eigenvalue weighted by Crippen LogP contribution is 2.18. The Bertz CT molecular complexity index is 586. The summed E-state index contributed by atoms with van der Waals surface area (Å²) in [5.74, 6) is 0.0298. The van der Waals surface area contributed by atoms with E-state index in [0.29, 0.717) is 0 Å². The van der Waals surface area contributed by atoms with E-state index in [0.717, 1.165) is 5.56 Å². The van der Waals surface area contributed by atoms with Crippen molar-refractivity contribution in [2.45, 2.75) is 10.6 Å². The van der Waals surface area contributed by atoms with Crippen LogP contribution in [0.1, 0.15) is 5.56 Å². The Hall–Kier alpha value is -1.81. The number of hydrogen-bond donors (Lipinski definition) is 1. The van der Waals surface area contributed by atoms with E-state index in [1.807, 2.05) is 18.2 Å². The molecule has 0 saturated heterocycles. The first-order valence-electron chi connectivity index (χ1n) is 5.14. The lowest BCUT2D eigenvalue weighted by atomic mass is 10.2. The van der Waals surface area contributed by atoms with E-state index < -0.39 is 9.84 Å². The third-order valence-electron chi connectivity index (χ3n) is 2.40. The van der Waals surface area contributed by atoms with Crippen LogP contribution in [0, 0.1) is 0 Å². The Kier molecular flexibility index (Phi) is 3.15. The van der Waals surface area contributed by atoms with Gasteiger partial charge in [0.2, 0.25) is 0 Å². The summed E-state index contributed by atoms with van der Waals surface area (Å²) in [6.45, 7) is 0. The molecule has 0 fully saturated rings. The van der Waals surface area contributed by atoms with Crippen molar-refractivity contribution in [2.75, 3.05) is 0 Å². The van der Waals surface area contributed by atoms with Gasteiger partial charge in [-0.15, -0.1) is 0 Å². The fourth-order valence-electron chi connectivity index (χ4n) is 1.53. The third kappa shape index (κ3) is 2.85. The zero-order chi connectivity index (χ0) is 12.3. The largest absolute Gasteiger partial charge is 0.508 e. The summed E-state index contributed by atoms with van der Waals surface area (Å²) in [6.07, 6.45) is 0. The minimum absolute atomic E-state index is 0.0292. The molecule has 0 heterocycles. The average molecular weight is 248 g/mol. The summed E-state index contributed by atoms with van der Waals surface area (Å²) < 4.78 is 24.1. The summed E-state index contributed by atoms with van der Waals surface area (Å²) in [7, 11) is -3.34. The van der Waals surface area contributed by atoms with Crippen LogP contribution < -0.4 is 0 Å². The van der Waals surface area contributed by atoms with Crippen molar-refractivity contribution in [1.29, 1.82) is 0 Å². The van der Waals surface area contributed by atoms with Crippen molar-refractivity contribution in [2.24, 2.45) is 0 Å². The predicted octanol–water partition coefficient (Wildman–Crippen LogP) is 2.37. The number of phenols is 1. The van der Waals surface area contributed by atoms with Gasteiger partial charge in [-0.05, 0) is 29.8 Å². The number of benzene rings is 2. The molecule has 0 aliphatic heterocycles. The van der Waals surface area contributed by atoms with Gasteiger partial charge >= 0.3 is 0 Å². The van der Waals surface area contributed by atoms with Gasteiger partial charge in [-0.25, -0.2) is 8.42 Å². The van der Waals surface area contributed by atoms with Crippen molar-refractivity contribution >= 4 is 9.84 Å². The molecule has 0 aromatic heterocycles. The van der Waals surface area contributed by atoms with Crippen molar-refractivity contribution in [1.82, 2.24) is 0 Å². The summed E-state index contributed by atoms with van der Waals surface area (Å²) in [6, 6.07) is 14.6. The molecular formula is C13H12O3S. The lowest BCUT2D eigenvalue weighted by molar-refractivity contribution is 0.475. The highest BCUT2D eigenvalue weighted by Gasteiger charge is 2.14. The van der Waals surface area contributed by atoms with Gasteiger partial charge in [-0.3, -0.25) is 0 Å². The topological polar surface area (TPSA) is 54.4 Å². The molecule has 0 aliphatic rings. The summed E-state index contributed by atoms with van der Waals surface area (Å²) in [5.41, 5.74) is 0.751. The molecule has 88 valence electrons. The number of phenolic OH excluding ortho intramolecular Hbond substituents is 1. The van der Waals surface area contributed by atoms with Crippen molar-refractivity contribution in [3.8, 4) is 5.75 Å². The monoisotopic (exact) mass is 248 g/mol. The first kappa shape index (κ1) is 11.7. The maximum Gasteiger partial charge on any atom is 0.182 e. The molecule has 0 atom stereocenters. The SMILES string of the molecule is O=S(=O)(Cc1ccccc1)c1ccc(O)cc1. The van der Waals surface area contributed by atoms with Crippen LogP contribution in [0.3, 0.4) is 0 Å². The summed E-state index contributed by atoms with van der Waals surface area (Å²) in [5, 5.41) is 9.12. The second kappa shape index (κ2) is 4.59. The molecule has 0 aliphatic carbocycles. The molecule has 17 heavy (non-hydrogen) atoms. The van der Waals surface area contributed by atoms with Crippen LogP contribution in [0.25, 0.3) is 0 Å². The molecule has 0 unspecified atom stereocenters. The molecule has 0 spiro atoms. The Balaban J connectivity index is 2.29. The fourth-order valence-corrected chi connectivity index (χ4v) is 2.88. The second-order valence-corrected chi connectivity index (χ2v) is 5.73. The Morgan fingerprint density at radius 1 is 0.882 bits per heavy atom. The Morgan fingerprint density at radius 2 is 1.47 bits per heavy atom. The van der Waals surface area contributed by atoms with E-state index in [9.17, 15) is 8.42 Å². The highest BCUT2D eigenvalue weighted by atomic mass is 32.2. The first-order valence-corrected chi connectivity index (χ1v) is 6.79. The summed E-state index contributed by atoms with van der Waals surface area (Å²) in [4.78, 5) is 0.221. The Labute approximate surface area is 100 Å². The van der Waals surface area contributed by atoms with Gasteiger partial charge in [0.1, 0.15) is 5.75 Å². The van der Waals surface area contributed by atoms with E-state index in [-0.39, 0.29) is 16.4 Å². The molecule has 0 amide bonds. The minimum Gasteiger partial charge on any atom is -0.508 e. The first-order chi connectivity index (χ1) is 8.08. The van der Waals surface area contributed by atoms with Crippen molar-refractivity contribution < 1.29 is 13.5 Å². The summed E-state index contributed by atoms with van der Waals surface area (Å²) >= 11 is 0. The van der Waals surface area contributed by atoms with Gasteiger partial charge < -0.3 is 5.11 Å². The third-order valence-corrected chi connectivity index (χ3v) is 4.10. The second-order valence-electron chi connectivity index (χ2n) is 3.74. The molecule has 3 nitrogen and oxygen atoms in total. The van der Waals surface area contributed by atoms with Gasteiger partial charge in [0, 0.05) is 0 Å². The standard InChI is InChI=1S/C13H12O3S/c14-12-6-8-13(9-7-12)17(15,16)10-11-4-2-1-3-5-11/h1-9,14H,10H2. The Morgan fingerprint density at radius 3 is 2.06 bits per heavy atom. The van der Waals surface area contributed by atoms with Crippen LogP contribution in [-0.4, -0.2) is 13.5 Å². The molecule has 1 N–H and O–H groups in total. The number of aromatic hydroxyl groups is 1. The van der Waals surface area contributed by atoms with Crippen LogP contribution in [0.2, 0.25) is 0 Å². The van der Waals surface area contributed by atoms with Gasteiger partial charge in [0.15, 0.2) is 9.84 Å². The van der Waals surface area contributed by atoms with E-state index in [1.54, 1.807) is 12.1 Å². The van der Waals surface area contributed by atoms with Crippen molar-refractivity contribution in [3.05, 3.63) is 60.2 Å². The average Bonchev–Trinajstić information content (AvgIpc) is 2.30. The van der Waals surface area contributed by atoms with E-state index >= 15 is 0 Å². The number of hydrogen-bond acceptors (Lipinski definition) is 3. The number of sulfone groups is 1. The lowest BCUT2D eigenvalue weighted by Crippen LogP contribution is -2.04. The fraction of sp³-hybridized carbons (Fsp3) is 0.0769. The van der Waals surface area contributed by atoms with Crippen LogP contribution >= 0.6 is 0 Å². The molecular weight excluding hydrogens is 236 g/mol. The molecule has 2 rings (SSSR count). The quantitative estimate of drug-likeness (QED) is 0.907. The molecule has 0 bridgehead atoms. The molecule has 4 heteroatoms. The minimum atomic E-state index is -3.34. The zero-order valence-electron chi connectivity index (χ0n) is 9.08. The van der Waals surface area contributed by atoms with Crippen LogP contribution in [0.4, 0.5) is 0 Å². The van der Waals surface area contributed by atoms with Crippen molar-refractivity contribution in [3.63, 3.8) is 0 Å². The van der Waals surface area contributed by atoms with Gasteiger partial charge in [-0.1, -0.05) is 30.3 Å². The molecule has 0 radical (unpaired) electrons. The molecule has 0 saturated carbocycles. The van der Waals surface area contributed by atoms with E-state index in [1.165, 1.54) is 24.3 Å². The lowest BCUT2D eigenvalue weighted by Gasteiger charge is -2.04. The van der Waals surface area contributed by atoms with E-state index in [2.05, 4.69) is 0 Å². The highest BCUT2D eigenvalue weighted by molar-refractivity contribution is 7.90. The molecule has 2 aromatic rings. The molecule has 2 aromatic carbocycles. The van der Waals surface area contributed by atoms with Gasteiger partial charge in [0.25, 0.3) is 0 Å². The zero-order valence-corrected chi connectivity index (χ0v) is 9.89. The van der Waals surface area contributed by atoms with Crippen LogP contribution in [0.15, 0.2) is 59.5 Å². The normalized spacial score (nSPS) is 11.3. The maximum absolute atomic E-state index is 12.0. The smallest absolute Gasteiger partial charge is 0.182 e. The van der Waals surface area contributed by atoms with Crippen LogP contribution in [-0.2, 0) is 15.6 Å². The van der Waals surface area contributed by atoms with Gasteiger partial charge in [-0.2, -0.15) is 0 Å².